The van der Waals surface area contributed by atoms with Crippen molar-refractivity contribution >= 4 is 29.1 Å². The number of anilines is 1. The second-order valence-electron chi connectivity index (χ2n) is 7.03. The van der Waals surface area contributed by atoms with E-state index in [2.05, 4.69) is 10.3 Å². The van der Waals surface area contributed by atoms with E-state index in [1.54, 1.807) is 41.6 Å². The molecule has 0 radical (unpaired) electrons. The average molecular weight is 406 g/mol. The molecule has 1 aliphatic heterocycles. The minimum atomic E-state index is -0.202. The summed E-state index contributed by atoms with van der Waals surface area (Å²) in [7, 11) is 0. The van der Waals surface area contributed by atoms with Crippen LogP contribution in [-0.2, 0) is 0 Å². The van der Waals surface area contributed by atoms with Gasteiger partial charge in [-0.05, 0) is 54.8 Å². The number of hydrogen-bond donors (Lipinski definition) is 1. The maximum absolute atomic E-state index is 13.0. The fraction of sp³-hybridized carbons (Fsp3) is 0.174. The van der Waals surface area contributed by atoms with E-state index in [1.807, 2.05) is 37.3 Å². The number of rotatable bonds is 3. The number of fused-ring (bicyclic) bond motifs is 1. The molecule has 0 spiro atoms. The third-order valence-corrected chi connectivity index (χ3v) is 5.38. The van der Waals surface area contributed by atoms with Gasteiger partial charge in [0.25, 0.3) is 11.8 Å². The molecular formula is C23H20ClN3O2. The van der Waals surface area contributed by atoms with Crippen LogP contribution in [0.3, 0.4) is 0 Å². The van der Waals surface area contributed by atoms with Crippen LogP contribution in [0.1, 0.15) is 44.3 Å². The van der Waals surface area contributed by atoms with Gasteiger partial charge in [-0.1, -0.05) is 35.9 Å². The summed E-state index contributed by atoms with van der Waals surface area (Å²) in [6.45, 7) is 2.39. The highest BCUT2D eigenvalue weighted by atomic mass is 35.5. The number of aryl methyl sites for hydroxylation is 1. The van der Waals surface area contributed by atoms with Crippen LogP contribution >= 0.6 is 11.6 Å². The van der Waals surface area contributed by atoms with E-state index in [4.69, 9.17) is 11.6 Å². The van der Waals surface area contributed by atoms with E-state index in [0.717, 1.165) is 11.1 Å². The van der Waals surface area contributed by atoms with Gasteiger partial charge in [0.2, 0.25) is 0 Å². The number of amides is 2. The van der Waals surface area contributed by atoms with Gasteiger partial charge in [0.1, 0.15) is 0 Å². The van der Waals surface area contributed by atoms with Gasteiger partial charge in [-0.2, -0.15) is 0 Å². The molecule has 0 bridgehead atoms. The molecule has 5 nitrogen and oxygen atoms in total. The Labute approximate surface area is 174 Å². The first kappa shape index (κ1) is 19.2. The number of carbonyl (C=O) groups is 2. The van der Waals surface area contributed by atoms with Gasteiger partial charge in [0.05, 0.1) is 17.3 Å². The van der Waals surface area contributed by atoms with Crippen molar-refractivity contribution in [3.8, 4) is 0 Å². The molecule has 2 aromatic carbocycles. The highest BCUT2D eigenvalue weighted by molar-refractivity contribution is 6.31. The number of nitrogens with one attached hydrogen (secondary N) is 1. The summed E-state index contributed by atoms with van der Waals surface area (Å²) < 4.78 is 0. The third-order valence-electron chi connectivity index (χ3n) is 5.15. The molecule has 0 saturated carbocycles. The van der Waals surface area contributed by atoms with E-state index in [-0.39, 0.29) is 17.9 Å². The highest BCUT2D eigenvalue weighted by Crippen LogP contribution is 2.36. The van der Waals surface area contributed by atoms with Crippen molar-refractivity contribution in [2.24, 2.45) is 0 Å². The highest BCUT2D eigenvalue weighted by Gasteiger charge is 2.30. The summed E-state index contributed by atoms with van der Waals surface area (Å²) in [5, 5.41) is 3.66. The Morgan fingerprint density at radius 3 is 2.72 bits per heavy atom. The fourth-order valence-corrected chi connectivity index (χ4v) is 3.82. The van der Waals surface area contributed by atoms with Gasteiger partial charge in [-0.15, -0.1) is 0 Å². The Bertz CT molecular complexity index is 1070. The number of nitrogens with zero attached hydrogens (tertiary/aromatic N) is 2. The molecule has 0 aliphatic carbocycles. The third kappa shape index (κ3) is 3.87. The lowest BCUT2D eigenvalue weighted by atomic mass is 9.95. The van der Waals surface area contributed by atoms with Crippen molar-refractivity contribution in [2.75, 3.05) is 11.4 Å². The van der Waals surface area contributed by atoms with Crippen molar-refractivity contribution in [2.45, 2.75) is 19.4 Å². The first-order valence-corrected chi connectivity index (χ1v) is 9.80. The summed E-state index contributed by atoms with van der Waals surface area (Å²) in [5.74, 6) is -0.258. The lowest BCUT2D eigenvalue weighted by molar-refractivity contribution is 0.0932. The molecule has 1 N–H and O–H groups in total. The summed E-state index contributed by atoms with van der Waals surface area (Å²) in [6.07, 6.45) is 3.80. The molecular weight excluding hydrogens is 386 g/mol. The van der Waals surface area contributed by atoms with Crippen molar-refractivity contribution in [1.29, 1.82) is 0 Å². The van der Waals surface area contributed by atoms with Crippen molar-refractivity contribution in [3.05, 3.63) is 94.3 Å². The Morgan fingerprint density at radius 2 is 1.97 bits per heavy atom. The molecule has 2 heterocycles. The van der Waals surface area contributed by atoms with Crippen LogP contribution in [-0.4, -0.2) is 23.3 Å². The molecule has 4 rings (SSSR count). The zero-order valence-corrected chi connectivity index (χ0v) is 16.7. The molecule has 3 aromatic rings. The number of aromatic nitrogens is 1. The summed E-state index contributed by atoms with van der Waals surface area (Å²) in [5.41, 5.74) is 3.68. The topological polar surface area (TPSA) is 62.3 Å². The van der Waals surface area contributed by atoms with E-state index in [1.165, 1.54) is 0 Å². The standard InChI is InChI=1S/C23H20ClN3O2/c1-15-5-2-3-7-18(15)22(28)26-20-10-12-27(21-13-17(24)8-9-19(20)21)23(29)16-6-4-11-25-14-16/h2-9,11,13-14,20H,10,12H2,1H3,(H,26,28). The van der Waals surface area contributed by atoms with Crippen LogP contribution in [0.15, 0.2) is 67.0 Å². The first-order valence-electron chi connectivity index (χ1n) is 9.42. The van der Waals surface area contributed by atoms with Gasteiger partial charge >= 0.3 is 0 Å². The first-order chi connectivity index (χ1) is 14.0. The minimum Gasteiger partial charge on any atom is -0.345 e. The van der Waals surface area contributed by atoms with Crippen LogP contribution in [0.5, 0.6) is 0 Å². The number of carbonyl (C=O) groups excluding carboxylic acids is 2. The van der Waals surface area contributed by atoms with Gasteiger partial charge in [0.15, 0.2) is 0 Å². The maximum atomic E-state index is 13.0. The summed E-state index contributed by atoms with van der Waals surface area (Å²) in [6, 6.07) is 16.2. The van der Waals surface area contributed by atoms with Crippen LogP contribution in [0.2, 0.25) is 5.02 Å². The van der Waals surface area contributed by atoms with Gasteiger partial charge in [-0.3, -0.25) is 14.6 Å². The molecule has 146 valence electrons. The molecule has 1 aromatic heterocycles. The normalized spacial score (nSPS) is 15.5. The lowest BCUT2D eigenvalue weighted by Crippen LogP contribution is -2.41. The van der Waals surface area contributed by atoms with Gasteiger partial charge in [0, 0.05) is 29.5 Å². The Kier molecular flexibility index (Phi) is 5.32. The van der Waals surface area contributed by atoms with Crippen molar-refractivity contribution in [1.82, 2.24) is 10.3 Å². The Balaban J connectivity index is 1.64. The van der Waals surface area contributed by atoms with Crippen molar-refractivity contribution in [3.63, 3.8) is 0 Å². The number of pyridine rings is 1. The fourth-order valence-electron chi connectivity index (χ4n) is 3.65. The molecule has 29 heavy (non-hydrogen) atoms. The maximum Gasteiger partial charge on any atom is 0.259 e. The number of hydrogen-bond acceptors (Lipinski definition) is 3. The number of halogens is 1. The molecule has 1 unspecified atom stereocenters. The SMILES string of the molecule is Cc1ccccc1C(=O)NC1CCN(C(=O)c2cccnc2)c2cc(Cl)ccc21. The van der Waals surface area contributed by atoms with Crippen LogP contribution in [0, 0.1) is 6.92 Å². The lowest BCUT2D eigenvalue weighted by Gasteiger charge is -2.35. The average Bonchev–Trinajstić information content (AvgIpc) is 2.74. The molecule has 1 aliphatic rings. The zero-order chi connectivity index (χ0) is 20.4. The Hall–Kier alpha value is -3.18. The van der Waals surface area contributed by atoms with E-state index in [9.17, 15) is 9.59 Å². The van der Waals surface area contributed by atoms with E-state index in [0.29, 0.717) is 34.8 Å². The Morgan fingerprint density at radius 1 is 1.14 bits per heavy atom. The zero-order valence-electron chi connectivity index (χ0n) is 15.9. The quantitative estimate of drug-likeness (QED) is 0.694. The second-order valence-corrected chi connectivity index (χ2v) is 7.47. The molecule has 1 atom stereocenters. The van der Waals surface area contributed by atoms with Crippen LogP contribution in [0.25, 0.3) is 0 Å². The van der Waals surface area contributed by atoms with Crippen molar-refractivity contribution < 1.29 is 9.59 Å². The van der Waals surface area contributed by atoms with Gasteiger partial charge in [-0.25, -0.2) is 0 Å². The largest absolute Gasteiger partial charge is 0.345 e. The smallest absolute Gasteiger partial charge is 0.259 e. The molecule has 0 saturated heterocycles. The van der Waals surface area contributed by atoms with E-state index < -0.39 is 0 Å². The van der Waals surface area contributed by atoms with E-state index >= 15 is 0 Å². The number of benzene rings is 2. The summed E-state index contributed by atoms with van der Waals surface area (Å²) in [4.78, 5) is 31.6. The van der Waals surface area contributed by atoms with Crippen LogP contribution < -0.4 is 10.2 Å². The molecule has 6 heteroatoms. The molecule has 2 amide bonds. The summed E-state index contributed by atoms with van der Waals surface area (Å²) >= 11 is 6.23. The monoisotopic (exact) mass is 405 g/mol. The van der Waals surface area contributed by atoms with Crippen LogP contribution in [0.4, 0.5) is 5.69 Å². The predicted molar refractivity (Wildman–Crippen MR) is 113 cm³/mol. The predicted octanol–water partition coefficient (Wildman–Crippen LogP) is 4.57. The van der Waals surface area contributed by atoms with Gasteiger partial charge < -0.3 is 10.2 Å². The molecule has 0 fully saturated rings. The second kappa shape index (κ2) is 8.05. The minimum absolute atomic E-state index is 0.124.